The Balaban J connectivity index is 2.34. The van der Waals surface area contributed by atoms with Gasteiger partial charge >= 0.3 is 0 Å². The van der Waals surface area contributed by atoms with Gasteiger partial charge in [0.25, 0.3) is 0 Å². The number of aromatic nitrogens is 1. The van der Waals surface area contributed by atoms with E-state index in [1.165, 1.54) is 18.4 Å². The first kappa shape index (κ1) is 9.23. The molecule has 0 spiro atoms. The van der Waals surface area contributed by atoms with Gasteiger partial charge in [-0.25, -0.2) is 0 Å². The second kappa shape index (κ2) is 3.81. The van der Waals surface area contributed by atoms with E-state index in [1.54, 1.807) is 0 Å². The molecule has 1 aliphatic carbocycles. The molecule has 2 rings (SSSR count). The van der Waals surface area contributed by atoms with Gasteiger partial charge in [-0.2, -0.15) is 0 Å². The van der Waals surface area contributed by atoms with E-state index in [2.05, 4.69) is 10.9 Å². The third kappa shape index (κ3) is 1.64. The average Bonchev–Trinajstić information content (AvgIpc) is 2.27. The molecule has 0 saturated carbocycles. The monoisotopic (exact) mass is 187 g/mol. The van der Waals surface area contributed by atoms with Gasteiger partial charge in [0.1, 0.15) is 0 Å². The van der Waals surface area contributed by atoms with Crippen molar-refractivity contribution >= 4 is 0 Å². The highest BCUT2D eigenvalue weighted by Crippen LogP contribution is 2.21. The molecule has 0 fully saturated rings. The van der Waals surface area contributed by atoms with Crippen molar-refractivity contribution < 1.29 is 5.11 Å². The van der Waals surface area contributed by atoms with Crippen LogP contribution in [-0.2, 0) is 12.8 Å². The molecular weight excluding hydrogens is 174 g/mol. The predicted octanol–water partition coefficient (Wildman–Crippen LogP) is 1.63. The molecule has 14 heavy (non-hydrogen) atoms. The first-order chi connectivity index (χ1) is 6.81. The summed E-state index contributed by atoms with van der Waals surface area (Å²) in [5.41, 5.74) is 3.03. The molecule has 0 amide bonds. The van der Waals surface area contributed by atoms with Crippen molar-refractivity contribution in [2.45, 2.75) is 31.8 Å². The van der Waals surface area contributed by atoms with Gasteiger partial charge in [0.2, 0.25) is 0 Å². The third-order valence-electron chi connectivity index (χ3n) is 2.64. The van der Waals surface area contributed by atoms with Crippen LogP contribution in [0.25, 0.3) is 0 Å². The number of aliphatic hydroxyl groups excluding tert-OH is 1. The topological polar surface area (TPSA) is 33.1 Å². The van der Waals surface area contributed by atoms with E-state index in [1.807, 2.05) is 12.1 Å². The zero-order valence-electron chi connectivity index (χ0n) is 8.03. The lowest BCUT2D eigenvalue weighted by atomic mass is 9.95. The van der Waals surface area contributed by atoms with Crippen LogP contribution in [0.5, 0.6) is 0 Å². The maximum absolute atomic E-state index is 9.43. The number of pyridine rings is 1. The number of hydrogen-bond acceptors (Lipinski definition) is 2. The normalized spacial score (nSPS) is 16.9. The molecule has 2 nitrogen and oxygen atoms in total. The van der Waals surface area contributed by atoms with Crippen molar-refractivity contribution in [2.75, 3.05) is 0 Å². The summed E-state index contributed by atoms with van der Waals surface area (Å²) in [4.78, 5) is 4.39. The Morgan fingerprint density at radius 1 is 1.36 bits per heavy atom. The van der Waals surface area contributed by atoms with Crippen LogP contribution in [0.1, 0.15) is 35.9 Å². The average molecular weight is 187 g/mol. The Hall–Kier alpha value is -1.33. The highest BCUT2D eigenvalue weighted by molar-refractivity contribution is 5.27. The van der Waals surface area contributed by atoms with Crippen molar-refractivity contribution in [3.05, 3.63) is 29.1 Å². The van der Waals surface area contributed by atoms with Gasteiger partial charge in [-0.1, -0.05) is 12.0 Å². The molecule has 1 aliphatic rings. The van der Waals surface area contributed by atoms with Crippen LogP contribution in [0.2, 0.25) is 0 Å². The lowest BCUT2D eigenvalue weighted by molar-refractivity contribution is 0.233. The summed E-state index contributed by atoms with van der Waals surface area (Å²) in [6.07, 6.45) is 8.83. The van der Waals surface area contributed by atoms with Gasteiger partial charge in [0.15, 0.2) is 6.10 Å². The van der Waals surface area contributed by atoms with Crippen molar-refractivity contribution in [2.24, 2.45) is 0 Å². The van der Waals surface area contributed by atoms with E-state index in [4.69, 9.17) is 6.42 Å². The zero-order chi connectivity index (χ0) is 9.97. The molecule has 1 atom stereocenters. The molecular formula is C12H13NO. The second-order valence-electron chi connectivity index (χ2n) is 3.62. The SMILES string of the molecule is C#C[C@@H](O)c1ccc2c(n1)CCCC2. The van der Waals surface area contributed by atoms with Gasteiger partial charge in [0, 0.05) is 5.69 Å². The number of rotatable bonds is 1. The van der Waals surface area contributed by atoms with Crippen LogP contribution in [0, 0.1) is 12.3 Å². The van der Waals surface area contributed by atoms with Gasteiger partial charge in [0.05, 0.1) is 5.69 Å². The summed E-state index contributed by atoms with van der Waals surface area (Å²) in [6.45, 7) is 0. The third-order valence-corrected chi connectivity index (χ3v) is 2.64. The van der Waals surface area contributed by atoms with E-state index in [0.717, 1.165) is 18.5 Å². The fourth-order valence-electron chi connectivity index (χ4n) is 1.84. The summed E-state index contributed by atoms with van der Waals surface area (Å²) in [5.74, 6) is 2.28. The Labute approximate surface area is 84.0 Å². The predicted molar refractivity (Wildman–Crippen MR) is 54.7 cm³/mol. The highest BCUT2D eigenvalue weighted by atomic mass is 16.3. The second-order valence-corrected chi connectivity index (χ2v) is 3.62. The molecule has 1 N–H and O–H groups in total. The van der Waals surface area contributed by atoms with E-state index in [-0.39, 0.29) is 0 Å². The van der Waals surface area contributed by atoms with Gasteiger partial charge < -0.3 is 5.11 Å². The summed E-state index contributed by atoms with van der Waals surface area (Å²) >= 11 is 0. The summed E-state index contributed by atoms with van der Waals surface area (Å²) in [7, 11) is 0. The van der Waals surface area contributed by atoms with Gasteiger partial charge in [-0.15, -0.1) is 6.42 Å². The number of nitrogens with zero attached hydrogens (tertiary/aromatic N) is 1. The first-order valence-electron chi connectivity index (χ1n) is 4.94. The minimum Gasteiger partial charge on any atom is -0.374 e. The lowest BCUT2D eigenvalue weighted by Gasteiger charge is -2.15. The minimum atomic E-state index is -0.859. The highest BCUT2D eigenvalue weighted by Gasteiger charge is 2.13. The maximum Gasteiger partial charge on any atom is 0.156 e. The quantitative estimate of drug-likeness (QED) is 0.678. The summed E-state index contributed by atoms with van der Waals surface area (Å²) in [5, 5.41) is 9.43. The molecule has 1 heterocycles. The molecule has 0 aromatic carbocycles. The van der Waals surface area contributed by atoms with Crippen LogP contribution >= 0.6 is 0 Å². The molecule has 1 aromatic rings. The number of fused-ring (bicyclic) bond motifs is 1. The minimum absolute atomic E-state index is 0.605. The molecule has 1 aromatic heterocycles. The number of hydrogen-bond donors (Lipinski definition) is 1. The summed E-state index contributed by atoms with van der Waals surface area (Å²) in [6, 6.07) is 3.87. The largest absolute Gasteiger partial charge is 0.374 e. The van der Waals surface area contributed by atoms with Crippen molar-refractivity contribution in [3.63, 3.8) is 0 Å². The molecule has 0 aliphatic heterocycles. The molecule has 72 valence electrons. The van der Waals surface area contributed by atoms with Crippen LogP contribution in [0.15, 0.2) is 12.1 Å². The van der Waals surface area contributed by atoms with Crippen molar-refractivity contribution in [1.29, 1.82) is 0 Å². The lowest BCUT2D eigenvalue weighted by Crippen LogP contribution is -2.08. The summed E-state index contributed by atoms with van der Waals surface area (Å²) < 4.78 is 0. The maximum atomic E-state index is 9.43. The van der Waals surface area contributed by atoms with Gasteiger partial charge in [-0.3, -0.25) is 4.98 Å². The van der Waals surface area contributed by atoms with Crippen LogP contribution in [0.4, 0.5) is 0 Å². The van der Waals surface area contributed by atoms with Crippen LogP contribution < -0.4 is 0 Å². The number of aryl methyl sites for hydroxylation is 2. The van der Waals surface area contributed by atoms with E-state index < -0.39 is 6.10 Å². The Bertz CT molecular complexity index is 378. The Kier molecular flexibility index (Phi) is 2.51. The Morgan fingerprint density at radius 2 is 2.14 bits per heavy atom. The smallest absolute Gasteiger partial charge is 0.156 e. The van der Waals surface area contributed by atoms with Gasteiger partial charge in [-0.05, 0) is 37.3 Å². The van der Waals surface area contributed by atoms with Crippen LogP contribution in [-0.4, -0.2) is 10.1 Å². The molecule has 2 heteroatoms. The molecule has 0 radical (unpaired) electrons. The Morgan fingerprint density at radius 3 is 2.93 bits per heavy atom. The molecule has 0 bridgehead atoms. The standard InChI is InChI=1S/C12H13NO/c1-2-12(14)11-8-7-9-5-3-4-6-10(9)13-11/h1,7-8,12,14H,3-6H2/t12-/m1/s1. The van der Waals surface area contributed by atoms with Crippen molar-refractivity contribution in [1.82, 2.24) is 4.98 Å². The van der Waals surface area contributed by atoms with E-state index >= 15 is 0 Å². The van der Waals surface area contributed by atoms with Crippen LogP contribution in [0.3, 0.4) is 0 Å². The number of terminal acetylenes is 1. The van der Waals surface area contributed by atoms with Crippen molar-refractivity contribution in [3.8, 4) is 12.3 Å². The molecule has 0 unspecified atom stereocenters. The zero-order valence-corrected chi connectivity index (χ0v) is 8.03. The van der Waals surface area contributed by atoms with E-state index in [9.17, 15) is 5.11 Å². The fourth-order valence-corrected chi connectivity index (χ4v) is 1.84. The fraction of sp³-hybridized carbons (Fsp3) is 0.417. The number of aliphatic hydroxyl groups is 1. The first-order valence-corrected chi connectivity index (χ1v) is 4.94. The van der Waals surface area contributed by atoms with E-state index in [0.29, 0.717) is 5.69 Å². The molecule has 0 saturated heterocycles.